The Balaban J connectivity index is 2.20. The van der Waals surface area contributed by atoms with Gasteiger partial charge in [0.25, 0.3) is 0 Å². The van der Waals surface area contributed by atoms with Gasteiger partial charge in [0.2, 0.25) is 0 Å². The maximum absolute atomic E-state index is 13.6. The van der Waals surface area contributed by atoms with Crippen LogP contribution in [-0.4, -0.2) is 0 Å². The summed E-state index contributed by atoms with van der Waals surface area (Å²) < 4.78 is 20.4. The Hall–Kier alpha value is -1.06. The molecule has 0 saturated carbocycles. The number of benzene rings is 2. The molecular formula is C16H15BrClFO. The standard InChI is InChI=1S/C16H15BrClFO/c1-10(2)14-8-12(17)3-6-16(14)20-9-11-7-13(18)4-5-15(11)19/h3-8,10H,9H2,1-2H3. The van der Waals surface area contributed by atoms with E-state index in [2.05, 4.69) is 29.8 Å². The molecule has 2 rings (SSSR count). The van der Waals surface area contributed by atoms with Crippen LogP contribution in [0.3, 0.4) is 0 Å². The van der Waals surface area contributed by atoms with E-state index in [1.165, 1.54) is 12.1 Å². The van der Waals surface area contributed by atoms with Crippen molar-refractivity contribution in [2.45, 2.75) is 26.4 Å². The minimum Gasteiger partial charge on any atom is -0.489 e. The smallest absolute Gasteiger partial charge is 0.129 e. The summed E-state index contributed by atoms with van der Waals surface area (Å²) in [4.78, 5) is 0. The summed E-state index contributed by atoms with van der Waals surface area (Å²) in [7, 11) is 0. The van der Waals surface area contributed by atoms with Gasteiger partial charge < -0.3 is 4.74 Å². The third-order valence-corrected chi connectivity index (χ3v) is 3.71. The molecule has 0 fully saturated rings. The second-order valence-corrected chi connectivity index (χ2v) is 6.21. The minimum absolute atomic E-state index is 0.160. The van der Waals surface area contributed by atoms with Crippen molar-refractivity contribution in [2.75, 3.05) is 0 Å². The van der Waals surface area contributed by atoms with Gasteiger partial charge in [0, 0.05) is 15.1 Å². The first-order valence-corrected chi connectivity index (χ1v) is 7.50. The molecule has 0 N–H and O–H groups in total. The molecule has 2 aromatic rings. The van der Waals surface area contributed by atoms with Crippen molar-refractivity contribution in [1.82, 2.24) is 0 Å². The molecular weight excluding hydrogens is 343 g/mol. The molecule has 0 aliphatic carbocycles. The molecule has 20 heavy (non-hydrogen) atoms. The molecule has 0 saturated heterocycles. The van der Waals surface area contributed by atoms with E-state index in [4.69, 9.17) is 16.3 Å². The van der Waals surface area contributed by atoms with E-state index in [9.17, 15) is 4.39 Å². The lowest BCUT2D eigenvalue weighted by Crippen LogP contribution is -2.02. The maximum Gasteiger partial charge on any atom is 0.129 e. The van der Waals surface area contributed by atoms with Crippen LogP contribution in [0.25, 0.3) is 0 Å². The Morgan fingerprint density at radius 2 is 1.95 bits per heavy atom. The Morgan fingerprint density at radius 3 is 2.65 bits per heavy atom. The van der Waals surface area contributed by atoms with Crippen LogP contribution in [0.2, 0.25) is 5.02 Å². The number of hydrogen-bond donors (Lipinski definition) is 0. The first-order valence-electron chi connectivity index (χ1n) is 6.33. The molecule has 2 aromatic carbocycles. The van der Waals surface area contributed by atoms with E-state index in [-0.39, 0.29) is 12.4 Å². The van der Waals surface area contributed by atoms with Gasteiger partial charge >= 0.3 is 0 Å². The lowest BCUT2D eigenvalue weighted by atomic mass is 10.0. The van der Waals surface area contributed by atoms with Crippen LogP contribution in [0, 0.1) is 5.82 Å². The van der Waals surface area contributed by atoms with Gasteiger partial charge in [-0.05, 0) is 47.9 Å². The van der Waals surface area contributed by atoms with Crippen LogP contribution in [0.4, 0.5) is 4.39 Å². The summed E-state index contributed by atoms with van der Waals surface area (Å²) in [5, 5.41) is 0.505. The van der Waals surface area contributed by atoms with E-state index in [0.717, 1.165) is 15.8 Å². The topological polar surface area (TPSA) is 9.23 Å². The van der Waals surface area contributed by atoms with E-state index >= 15 is 0 Å². The molecule has 0 aromatic heterocycles. The van der Waals surface area contributed by atoms with Crippen molar-refractivity contribution < 1.29 is 9.13 Å². The van der Waals surface area contributed by atoms with Gasteiger partial charge in [-0.1, -0.05) is 41.4 Å². The van der Waals surface area contributed by atoms with Crippen molar-refractivity contribution in [3.8, 4) is 5.75 Å². The van der Waals surface area contributed by atoms with Crippen molar-refractivity contribution >= 4 is 27.5 Å². The third-order valence-electron chi connectivity index (χ3n) is 2.98. The summed E-state index contributed by atoms with van der Waals surface area (Å²) >= 11 is 9.32. The lowest BCUT2D eigenvalue weighted by molar-refractivity contribution is 0.295. The molecule has 0 spiro atoms. The van der Waals surface area contributed by atoms with Gasteiger partial charge in [0.15, 0.2) is 0 Å². The average Bonchev–Trinajstić information content (AvgIpc) is 2.40. The van der Waals surface area contributed by atoms with Crippen LogP contribution in [-0.2, 0) is 6.61 Å². The number of rotatable bonds is 4. The van der Waals surface area contributed by atoms with Gasteiger partial charge in [-0.3, -0.25) is 0 Å². The summed E-state index contributed by atoms with van der Waals surface area (Å²) in [5.41, 5.74) is 1.54. The minimum atomic E-state index is -0.308. The number of halogens is 3. The fourth-order valence-electron chi connectivity index (χ4n) is 1.91. The second-order valence-electron chi connectivity index (χ2n) is 4.86. The first kappa shape index (κ1) is 15.3. The van der Waals surface area contributed by atoms with Gasteiger partial charge in [-0.15, -0.1) is 0 Å². The summed E-state index contributed by atoms with van der Waals surface area (Å²) in [5.74, 6) is 0.784. The molecule has 0 unspecified atom stereocenters. The largest absolute Gasteiger partial charge is 0.489 e. The molecule has 0 heterocycles. The number of ether oxygens (including phenoxy) is 1. The SMILES string of the molecule is CC(C)c1cc(Br)ccc1OCc1cc(Cl)ccc1F. The average molecular weight is 358 g/mol. The Labute approximate surface area is 131 Å². The van der Waals surface area contributed by atoms with Crippen molar-refractivity contribution in [3.05, 3.63) is 62.8 Å². The highest BCUT2D eigenvalue weighted by atomic mass is 79.9. The zero-order valence-electron chi connectivity index (χ0n) is 11.3. The van der Waals surface area contributed by atoms with Gasteiger partial charge in [0.1, 0.15) is 18.2 Å². The Morgan fingerprint density at radius 1 is 1.20 bits per heavy atom. The zero-order chi connectivity index (χ0) is 14.7. The van der Waals surface area contributed by atoms with Crippen LogP contribution in [0.15, 0.2) is 40.9 Å². The highest BCUT2D eigenvalue weighted by molar-refractivity contribution is 9.10. The molecule has 0 atom stereocenters. The fourth-order valence-corrected chi connectivity index (χ4v) is 2.48. The van der Waals surface area contributed by atoms with Crippen LogP contribution >= 0.6 is 27.5 Å². The van der Waals surface area contributed by atoms with Crippen LogP contribution in [0.5, 0.6) is 5.75 Å². The van der Waals surface area contributed by atoms with Crippen LogP contribution < -0.4 is 4.74 Å². The molecule has 0 bridgehead atoms. The monoisotopic (exact) mass is 356 g/mol. The number of hydrogen-bond acceptors (Lipinski definition) is 1. The van der Waals surface area contributed by atoms with Gasteiger partial charge in [-0.2, -0.15) is 0 Å². The van der Waals surface area contributed by atoms with Crippen molar-refractivity contribution in [1.29, 1.82) is 0 Å². The highest BCUT2D eigenvalue weighted by Crippen LogP contribution is 2.30. The lowest BCUT2D eigenvalue weighted by Gasteiger charge is -2.15. The molecule has 106 valence electrons. The van der Waals surface area contributed by atoms with E-state index in [0.29, 0.717) is 16.5 Å². The maximum atomic E-state index is 13.6. The first-order chi connectivity index (χ1) is 9.47. The molecule has 1 nitrogen and oxygen atoms in total. The summed E-state index contributed by atoms with van der Waals surface area (Å²) in [6.45, 7) is 4.34. The van der Waals surface area contributed by atoms with Crippen molar-refractivity contribution in [2.24, 2.45) is 0 Å². The predicted octanol–water partition coefficient (Wildman–Crippen LogP) is 5.94. The molecule has 0 aliphatic rings. The predicted molar refractivity (Wildman–Crippen MR) is 84.0 cm³/mol. The van der Waals surface area contributed by atoms with Crippen molar-refractivity contribution in [3.63, 3.8) is 0 Å². The normalized spacial score (nSPS) is 10.9. The fraction of sp³-hybridized carbons (Fsp3) is 0.250. The quantitative estimate of drug-likeness (QED) is 0.657. The Bertz CT molecular complexity index is 613. The zero-order valence-corrected chi connectivity index (χ0v) is 13.6. The third kappa shape index (κ3) is 3.74. The summed E-state index contributed by atoms with van der Waals surface area (Å²) in [6.07, 6.45) is 0. The van der Waals surface area contributed by atoms with Gasteiger partial charge in [-0.25, -0.2) is 4.39 Å². The highest BCUT2D eigenvalue weighted by Gasteiger charge is 2.10. The molecule has 0 radical (unpaired) electrons. The molecule has 0 amide bonds. The van der Waals surface area contributed by atoms with E-state index in [1.54, 1.807) is 6.07 Å². The summed E-state index contributed by atoms with van der Waals surface area (Å²) in [6, 6.07) is 10.3. The van der Waals surface area contributed by atoms with E-state index < -0.39 is 0 Å². The second kappa shape index (κ2) is 6.59. The van der Waals surface area contributed by atoms with Crippen LogP contribution in [0.1, 0.15) is 30.9 Å². The van der Waals surface area contributed by atoms with Gasteiger partial charge in [0.05, 0.1) is 0 Å². The van der Waals surface area contributed by atoms with E-state index in [1.807, 2.05) is 18.2 Å². The Kier molecular flexibility index (Phi) is 5.06. The molecule has 4 heteroatoms. The molecule has 0 aliphatic heterocycles.